The van der Waals surface area contributed by atoms with Crippen molar-refractivity contribution < 1.29 is 34.8 Å². The standard InChI is InChI=1S/C28H35N3O7S/c1-31(2)18-9-15(12-30-11-13-3-5-39-6-4-13)23(33)21-17(18)8-14-7-16-10-19(32)22(27(29)37)26(36)28(16,38)25(35)20(14)24(21)34/h9,13-14,16,30,33-34,36,38H,3-8,10-12H2,1-2H3,(H2,29,37)/t14-,16+,28+/m1/s1. The number of nitrogens with one attached hydrogen (secondary N) is 1. The van der Waals surface area contributed by atoms with Crippen molar-refractivity contribution in [3.8, 4) is 5.75 Å². The van der Waals surface area contributed by atoms with E-state index in [1.807, 2.05) is 36.8 Å². The SMILES string of the molecule is CN(C)c1cc(CNCC2CCSCC2)c(O)c2c1C[C@H]1C[C@H]3CC(=O)C(C(N)=O)=C(O)[C@@]3(O)C(=O)C1=C2O. The summed E-state index contributed by atoms with van der Waals surface area (Å²) in [5, 5.41) is 48.4. The van der Waals surface area contributed by atoms with Gasteiger partial charge in [0, 0.05) is 49.8 Å². The first kappa shape index (κ1) is 27.5. The maximum atomic E-state index is 13.8. The van der Waals surface area contributed by atoms with E-state index in [0.717, 1.165) is 36.6 Å². The Morgan fingerprint density at radius 2 is 1.87 bits per heavy atom. The number of hydrogen-bond acceptors (Lipinski definition) is 10. The fourth-order valence-corrected chi connectivity index (χ4v) is 7.82. The minimum atomic E-state index is -2.56. The number of phenols is 1. The lowest BCUT2D eigenvalue weighted by Crippen LogP contribution is -2.58. The van der Waals surface area contributed by atoms with Crippen LogP contribution in [0.3, 0.4) is 0 Å². The first-order valence-electron chi connectivity index (χ1n) is 13.3. The molecule has 0 unspecified atom stereocenters. The van der Waals surface area contributed by atoms with Gasteiger partial charge in [0.05, 0.1) is 5.56 Å². The van der Waals surface area contributed by atoms with Crippen molar-refractivity contribution in [3.05, 3.63) is 39.7 Å². The summed E-state index contributed by atoms with van der Waals surface area (Å²) in [6.45, 7) is 1.17. The second-order valence-electron chi connectivity index (χ2n) is 11.2. The molecule has 10 nitrogen and oxygen atoms in total. The number of ketones is 2. The average Bonchev–Trinajstić information content (AvgIpc) is 2.87. The van der Waals surface area contributed by atoms with Gasteiger partial charge in [-0.05, 0) is 67.2 Å². The summed E-state index contributed by atoms with van der Waals surface area (Å²) in [6.07, 6.45) is 2.34. The number of phenolic OH excluding ortho intramolecular Hbond substituents is 1. The highest BCUT2D eigenvalue weighted by Crippen LogP contribution is 2.53. The van der Waals surface area contributed by atoms with Crippen molar-refractivity contribution in [2.24, 2.45) is 23.5 Å². The summed E-state index contributed by atoms with van der Waals surface area (Å²) in [6, 6.07) is 1.88. The van der Waals surface area contributed by atoms with E-state index in [1.165, 1.54) is 0 Å². The maximum Gasteiger partial charge on any atom is 0.255 e. The van der Waals surface area contributed by atoms with Crippen molar-refractivity contribution >= 4 is 40.7 Å². The second-order valence-corrected chi connectivity index (χ2v) is 12.5. The second kappa shape index (κ2) is 10.2. The van der Waals surface area contributed by atoms with Gasteiger partial charge >= 0.3 is 0 Å². The lowest BCUT2D eigenvalue weighted by atomic mass is 9.59. The summed E-state index contributed by atoms with van der Waals surface area (Å²) in [4.78, 5) is 40.0. The Hall–Kier alpha value is -3.02. The zero-order valence-corrected chi connectivity index (χ0v) is 22.9. The number of rotatable bonds is 6. The van der Waals surface area contributed by atoms with Crippen molar-refractivity contribution in [2.45, 2.75) is 44.2 Å². The number of benzene rings is 1. The van der Waals surface area contributed by atoms with Crippen LogP contribution in [-0.2, 0) is 27.3 Å². The van der Waals surface area contributed by atoms with Gasteiger partial charge in [-0.15, -0.1) is 0 Å². The zero-order valence-electron chi connectivity index (χ0n) is 22.1. The molecule has 11 heteroatoms. The third-order valence-corrected chi connectivity index (χ3v) is 9.74. The number of Topliss-reactive ketones (excluding diaryl/α,β-unsaturated/α-hetero) is 2. The Morgan fingerprint density at radius 3 is 2.51 bits per heavy atom. The predicted molar refractivity (Wildman–Crippen MR) is 147 cm³/mol. The number of hydrogen-bond donors (Lipinski definition) is 6. The molecule has 0 spiro atoms. The molecule has 210 valence electrons. The van der Waals surface area contributed by atoms with E-state index in [-0.39, 0.29) is 36.1 Å². The number of nitrogens with two attached hydrogens (primary N) is 1. The minimum Gasteiger partial charge on any atom is -0.508 e. The number of aromatic hydroxyl groups is 1. The molecule has 1 saturated heterocycles. The quantitative estimate of drug-likeness (QED) is 0.283. The highest BCUT2D eigenvalue weighted by molar-refractivity contribution is 7.99. The van der Waals surface area contributed by atoms with Crippen LogP contribution in [0.1, 0.15) is 42.4 Å². The molecule has 0 bridgehead atoms. The van der Waals surface area contributed by atoms with Crippen LogP contribution in [-0.4, -0.2) is 75.6 Å². The topological polar surface area (TPSA) is 173 Å². The van der Waals surface area contributed by atoms with E-state index in [9.17, 15) is 34.8 Å². The van der Waals surface area contributed by atoms with Crippen molar-refractivity contribution in [1.82, 2.24) is 5.32 Å². The van der Waals surface area contributed by atoms with Crippen LogP contribution in [0, 0.1) is 17.8 Å². The van der Waals surface area contributed by atoms with E-state index in [1.54, 1.807) is 0 Å². The fraction of sp³-hybridized carbons (Fsp3) is 0.536. The number of aliphatic hydroxyl groups excluding tert-OH is 2. The average molecular weight is 558 g/mol. The van der Waals surface area contributed by atoms with Gasteiger partial charge in [-0.25, -0.2) is 0 Å². The van der Waals surface area contributed by atoms with Crippen LogP contribution >= 0.6 is 11.8 Å². The Labute approximate surface area is 230 Å². The molecule has 2 fully saturated rings. The third kappa shape index (κ3) is 4.40. The van der Waals surface area contributed by atoms with Gasteiger partial charge in [0.15, 0.2) is 11.4 Å². The molecule has 1 saturated carbocycles. The summed E-state index contributed by atoms with van der Waals surface area (Å²) < 4.78 is 0. The molecule has 0 radical (unpaired) electrons. The summed E-state index contributed by atoms with van der Waals surface area (Å²) in [5.74, 6) is -3.32. The number of carbonyl (C=O) groups is 3. The number of thioether (sulfide) groups is 1. The molecule has 7 N–H and O–H groups in total. The maximum absolute atomic E-state index is 13.8. The van der Waals surface area contributed by atoms with Gasteiger partial charge in [0.2, 0.25) is 5.78 Å². The van der Waals surface area contributed by atoms with E-state index in [4.69, 9.17) is 5.73 Å². The largest absolute Gasteiger partial charge is 0.508 e. The van der Waals surface area contributed by atoms with Crippen molar-refractivity contribution in [3.63, 3.8) is 0 Å². The normalized spacial score (nSPS) is 27.3. The molecule has 39 heavy (non-hydrogen) atoms. The molecule has 1 aromatic rings. The third-order valence-electron chi connectivity index (χ3n) is 8.69. The highest BCUT2D eigenvalue weighted by atomic mass is 32.2. The smallest absolute Gasteiger partial charge is 0.255 e. The number of anilines is 1. The lowest BCUT2D eigenvalue weighted by Gasteiger charge is -2.46. The number of carbonyl (C=O) groups excluding carboxylic acids is 3. The van der Waals surface area contributed by atoms with Gasteiger partial charge in [-0.2, -0.15) is 11.8 Å². The predicted octanol–water partition coefficient (Wildman–Crippen LogP) is 1.72. The lowest BCUT2D eigenvalue weighted by molar-refractivity contribution is -0.147. The molecule has 0 aromatic heterocycles. The fourth-order valence-electron chi connectivity index (χ4n) is 6.62. The molecule has 5 rings (SSSR count). The van der Waals surface area contributed by atoms with Crippen molar-refractivity contribution in [1.29, 1.82) is 0 Å². The van der Waals surface area contributed by atoms with Gasteiger partial charge in [0.25, 0.3) is 5.91 Å². The number of primary amides is 1. The number of nitrogens with zero attached hydrogens (tertiary/aromatic N) is 1. The summed E-state index contributed by atoms with van der Waals surface area (Å²) in [7, 11) is 3.72. The van der Waals surface area contributed by atoms with E-state index in [2.05, 4.69) is 5.32 Å². The highest BCUT2D eigenvalue weighted by Gasteiger charge is 2.60. The Balaban J connectivity index is 1.56. The minimum absolute atomic E-state index is 0.111. The Kier molecular flexibility index (Phi) is 7.19. The molecule has 4 aliphatic rings. The van der Waals surface area contributed by atoms with Crippen LogP contribution in [0.15, 0.2) is 23.0 Å². The zero-order chi connectivity index (χ0) is 28.2. The van der Waals surface area contributed by atoms with E-state index < -0.39 is 52.0 Å². The van der Waals surface area contributed by atoms with Gasteiger partial charge in [-0.3, -0.25) is 14.4 Å². The Bertz CT molecular complexity index is 1310. The van der Waals surface area contributed by atoms with Crippen LogP contribution < -0.4 is 16.0 Å². The molecule has 1 heterocycles. The first-order chi connectivity index (χ1) is 18.5. The monoisotopic (exact) mass is 557 g/mol. The van der Waals surface area contributed by atoms with E-state index in [0.29, 0.717) is 23.6 Å². The van der Waals surface area contributed by atoms with Gasteiger partial charge < -0.3 is 36.4 Å². The van der Waals surface area contributed by atoms with Gasteiger partial charge in [0.1, 0.15) is 22.8 Å². The number of aliphatic hydroxyl groups is 3. The first-order valence-corrected chi connectivity index (χ1v) is 14.4. The molecule has 1 amide bonds. The Morgan fingerprint density at radius 1 is 1.18 bits per heavy atom. The van der Waals surface area contributed by atoms with Crippen LogP contribution in [0.4, 0.5) is 5.69 Å². The van der Waals surface area contributed by atoms with E-state index >= 15 is 0 Å². The summed E-state index contributed by atoms with van der Waals surface area (Å²) >= 11 is 1.96. The molecular weight excluding hydrogens is 522 g/mol. The molecule has 1 aromatic carbocycles. The van der Waals surface area contributed by atoms with Crippen LogP contribution in [0.2, 0.25) is 0 Å². The molecule has 3 atom stereocenters. The molecule has 3 aliphatic carbocycles. The van der Waals surface area contributed by atoms with Crippen molar-refractivity contribution in [2.75, 3.05) is 37.0 Å². The van der Waals surface area contributed by atoms with Crippen LogP contribution in [0.5, 0.6) is 5.75 Å². The molecule has 1 aliphatic heterocycles. The number of amides is 1. The van der Waals surface area contributed by atoms with Crippen LogP contribution in [0.25, 0.3) is 5.76 Å². The summed E-state index contributed by atoms with van der Waals surface area (Å²) in [5.41, 5.74) is 3.91. The molecular formula is C28H35N3O7S. The number of fused-ring (bicyclic) bond motifs is 3. The van der Waals surface area contributed by atoms with Gasteiger partial charge in [-0.1, -0.05) is 0 Å².